The number of halogens is 2. The van der Waals surface area contributed by atoms with Crippen LogP contribution in [0.3, 0.4) is 0 Å². The number of rotatable bonds is 4. The van der Waals surface area contributed by atoms with Gasteiger partial charge in [0.1, 0.15) is 17.5 Å². The molecule has 0 aliphatic heterocycles. The van der Waals surface area contributed by atoms with Crippen LogP contribution in [-0.4, -0.2) is 39.4 Å². The van der Waals surface area contributed by atoms with E-state index in [1.165, 1.54) is 21.8 Å². The van der Waals surface area contributed by atoms with Crippen LogP contribution in [0.15, 0.2) is 31.0 Å². The standard InChI is InChI=1S/C19H17F2N9/c20-18(21)17-16(11-28(26-17)13-4-2-1-3-5-13)29-10-15(25-27-29)14-8-24-30-9-12(6-22)7-23-19(14)30/h7-11,13,18H,1-5H2. The average molecular weight is 409 g/mol. The minimum atomic E-state index is -2.72. The second kappa shape index (κ2) is 7.29. The fourth-order valence-corrected chi connectivity index (χ4v) is 3.88. The molecule has 0 atom stereocenters. The lowest BCUT2D eigenvalue weighted by Crippen LogP contribution is -2.13. The molecule has 1 aliphatic carbocycles. The Balaban J connectivity index is 1.52. The number of hydrogen-bond donors (Lipinski definition) is 0. The normalized spacial score (nSPS) is 15.1. The summed E-state index contributed by atoms with van der Waals surface area (Å²) in [5, 5.41) is 25.5. The van der Waals surface area contributed by atoms with E-state index in [4.69, 9.17) is 5.26 Å². The zero-order valence-corrected chi connectivity index (χ0v) is 15.9. The van der Waals surface area contributed by atoms with E-state index in [1.807, 2.05) is 6.07 Å². The van der Waals surface area contributed by atoms with Crippen molar-refractivity contribution in [3.63, 3.8) is 0 Å². The summed E-state index contributed by atoms with van der Waals surface area (Å²) in [7, 11) is 0. The Morgan fingerprint density at radius 2 is 1.93 bits per heavy atom. The van der Waals surface area contributed by atoms with Crippen LogP contribution in [-0.2, 0) is 0 Å². The zero-order chi connectivity index (χ0) is 20.7. The lowest BCUT2D eigenvalue weighted by atomic mass is 9.96. The first-order valence-corrected chi connectivity index (χ1v) is 9.68. The third-order valence-corrected chi connectivity index (χ3v) is 5.40. The molecule has 1 fully saturated rings. The molecule has 1 aliphatic rings. The molecule has 4 aromatic heterocycles. The summed E-state index contributed by atoms with van der Waals surface area (Å²) >= 11 is 0. The van der Waals surface area contributed by atoms with E-state index in [0.717, 1.165) is 25.7 Å². The highest BCUT2D eigenvalue weighted by molar-refractivity contribution is 5.73. The van der Waals surface area contributed by atoms with Crippen LogP contribution in [0.2, 0.25) is 0 Å². The number of alkyl halides is 2. The number of aromatic nitrogens is 8. The minimum absolute atomic E-state index is 0.131. The van der Waals surface area contributed by atoms with E-state index in [-0.39, 0.29) is 17.4 Å². The lowest BCUT2D eigenvalue weighted by molar-refractivity contribution is 0.143. The first-order chi connectivity index (χ1) is 14.6. The molecule has 0 spiro atoms. The van der Waals surface area contributed by atoms with Gasteiger partial charge in [0.2, 0.25) is 0 Å². The van der Waals surface area contributed by atoms with Gasteiger partial charge in [-0.05, 0) is 12.8 Å². The van der Waals surface area contributed by atoms with Crippen LogP contribution >= 0.6 is 0 Å². The van der Waals surface area contributed by atoms with Crippen molar-refractivity contribution in [2.24, 2.45) is 0 Å². The minimum Gasteiger partial charge on any atom is -0.267 e. The third kappa shape index (κ3) is 3.10. The van der Waals surface area contributed by atoms with Gasteiger partial charge in [-0.15, -0.1) is 5.10 Å². The van der Waals surface area contributed by atoms with Crippen LogP contribution in [0.25, 0.3) is 22.6 Å². The van der Waals surface area contributed by atoms with Crippen LogP contribution < -0.4 is 0 Å². The Hall–Kier alpha value is -3.68. The van der Waals surface area contributed by atoms with Crippen LogP contribution in [0.5, 0.6) is 0 Å². The van der Waals surface area contributed by atoms with Gasteiger partial charge in [-0.1, -0.05) is 24.5 Å². The quantitative estimate of drug-likeness (QED) is 0.511. The summed E-state index contributed by atoms with van der Waals surface area (Å²) in [4.78, 5) is 4.25. The summed E-state index contributed by atoms with van der Waals surface area (Å²) < 4.78 is 31.8. The molecule has 9 nitrogen and oxygen atoms in total. The summed E-state index contributed by atoms with van der Waals surface area (Å²) in [5.41, 5.74) is 1.79. The molecule has 1 saturated carbocycles. The van der Waals surface area contributed by atoms with Gasteiger partial charge in [0.15, 0.2) is 11.3 Å². The topological polar surface area (TPSA) is 103 Å². The van der Waals surface area contributed by atoms with Crippen LogP contribution in [0.4, 0.5) is 8.78 Å². The first kappa shape index (κ1) is 18.4. The predicted molar refractivity (Wildman–Crippen MR) is 101 cm³/mol. The van der Waals surface area contributed by atoms with Crippen molar-refractivity contribution >= 4 is 5.65 Å². The van der Waals surface area contributed by atoms with Gasteiger partial charge in [-0.2, -0.15) is 15.5 Å². The molecule has 11 heteroatoms. The molecular formula is C19H17F2N9. The monoisotopic (exact) mass is 409 g/mol. The molecule has 0 saturated heterocycles. The van der Waals surface area contributed by atoms with E-state index in [0.29, 0.717) is 22.5 Å². The summed E-state index contributed by atoms with van der Waals surface area (Å²) in [5.74, 6) is 0. The Kier molecular flexibility index (Phi) is 4.46. The maximum absolute atomic E-state index is 13.7. The maximum Gasteiger partial charge on any atom is 0.284 e. The zero-order valence-electron chi connectivity index (χ0n) is 15.9. The molecule has 30 heavy (non-hydrogen) atoms. The van der Waals surface area contributed by atoms with E-state index in [2.05, 4.69) is 25.5 Å². The number of nitrogens with zero attached hydrogens (tertiary/aromatic N) is 9. The van der Waals surface area contributed by atoms with E-state index in [9.17, 15) is 8.78 Å². The highest BCUT2D eigenvalue weighted by atomic mass is 19.3. The summed E-state index contributed by atoms with van der Waals surface area (Å²) in [6, 6.07) is 2.13. The molecule has 0 aromatic carbocycles. The predicted octanol–water partition coefficient (Wildman–Crippen LogP) is 3.49. The average Bonchev–Trinajstić information content (AvgIpc) is 3.50. The number of fused-ring (bicyclic) bond motifs is 1. The fraction of sp³-hybridized carbons (Fsp3) is 0.368. The Morgan fingerprint density at radius 1 is 1.10 bits per heavy atom. The largest absolute Gasteiger partial charge is 0.284 e. The van der Waals surface area contributed by atoms with Crippen molar-refractivity contribution in [2.75, 3.05) is 0 Å². The van der Waals surface area contributed by atoms with Crippen LogP contribution in [0.1, 0.15) is 55.8 Å². The second-order valence-electron chi connectivity index (χ2n) is 7.30. The van der Waals surface area contributed by atoms with Crippen molar-refractivity contribution in [1.82, 2.24) is 39.4 Å². The van der Waals surface area contributed by atoms with Gasteiger partial charge in [0, 0.05) is 6.20 Å². The summed E-state index contributed by atoms with van der Waals surface area (Å²) in [6.07, 6.45) is 10.2. The van der Waals surface area contributed by atoms with Crippen molar-refractivity contribution in [1.29, 1.82) is 5.26 Å². The molecule has 4 heterocycles. The van der Waals surface area contributed by atoms with E-state index >= 15 is 0 Å². The van der Waals surface area contributed by atoms with E-state index in [1.54, 1.807) is 29.5 Å². The molecule has 4 aromatic rings. The SMILES string of the molecule is N#Cc1cnc2c(-c3cn(-c4cn(C5CCCCC5)nc4C(F)F)nn3)cnn2c1. The molecule has 0 radical (unpaired) electrons. The van der Waals surface area contributed by atoms with Gasteiger partial charge < -0.3 is 0 Å². The maximum atomic E-state index is 13.7. The molecule has 0 amide bonds. The fourth-order valence-electron chi connectivity index (χ4n) is 3.88. The Labute approximate surface area is 169 Å². The molecule has 0 unspecified atom stereocenters. The molecule has 0 N–H and O–H groups in total. The molecule has 5 rings (SSSR count). The van der Waals surface area contributed by atoms with Gasteiger partial charge >= 0.3 is 0 Å². The van der Waals surface area contributed by atoms with Crippen molar-refractivity contribution in [2.45, 2.75) is 44.6 Å². The van der Waals surface area contributed by atoms with Gasteiger partial charge in [0.05, 0.1) is 42.0 Å². The van der Waals surface area contributed by atoms with Crippen molar-refractivity contribution in [3.8, 4) is 23.0 Å². The smallest absolute Gasteiger partial charge is 0.267 e. The van der Waals surface area contributed by atoms with Gasteiger partial charge in [-0.25, -0.2) is 23.0 Å². The highest BCUT2D eigenvalue weighted by Gasteiger charge is 2.25. The Morgan fingerprint density at radius 3 is 2.70 bits per heavy atom. The van der Waals surface area contributed by atoms with Crippen molar-refractivity contribution < 1.29 is 8.78 Å². The summed E-state index contributed by atoms with van der Waals surface area (Å²) in [6.45, 7) is 0. The lowest BCUT2D eigenvalue weighted by Gasteiger charge is -2.21. The third-order valence-electron chi connectivity index (χ3n) is 5.40. The van der Waals surface area contributed by atoms with E-state index < -0.39 is 6.43 Å². The second-order valence-corrected chi connectivity index (χ2v) is 7.30. The highest BCUT2D eigenvalue weighted by Crippen LogP contribution is 2.32. The van der Waals surface area contributed by atoms with Crippen LogP contribution in [0, 0.1) is 11.3 Å². The number of nitriles is 1. The molecule has 0 bridgehead atoms. The van der Waals surface area contributed by atoms with Gasteiger partial charge in [0.25, 0.3) is 6.43 Å². The molecule has 152 valence electrons. The van der Waals surface area contributed by atoms with Crippen molar-refractivity contribution in [3.05, 3.63) is 42.2 Å². The Bertz CT molecular complexity index is 1240. The molecular weight excluding hydrogens is 392 g/mol. The number of hydrogen-bond acceptors (Lipinski definition) is 6. The first-order valence-electron chi connectivity index (χ1n) is 9.68. The van der Waals surface area contributed by atoms with Gasteiger partial charge in [-0.3, -0.25) is 4.68 Å².